The molecule has 192 valence electrons. The van der Waals surface area contributed by atoms with Crippen molar-refractivity contribution in [3.05, 3.63) is 50.1 Å². The lowest BCUT2D eigenvalue weighted by Gasteiger charge is -2.37. The number of halogens is 2. The van der Waals surface area contributed by atoms with Crippen molar-refractivity contribution < 1.29 is 9.50 Å². The predicted octanol–water partition coefficient (Wildman–Crippen LogP) is 3.09. The molecular weight excluding hydrogens is 487 g/mol. The van der Waals surface area contributed by atoms with E-state index in [1.807, 2.05) is 18.7 Å². The highest BCUT2D eigenvalue weighted by atomic mass is 35.5. The monoisotopic (exact) mass is 516 g/mol. The van der Waals surface area contributed by atoms with Gasteiger partial charge in [-0.05, 0) is 37.0 Å². The third-order valence-electron chi connectivity index (χ3n) is 7.39. The molecule has 2 fully saturated rings. The predicted molar refractivity (Wildman–Crippen MR) is 138 cm³/mol. The molecule has 1 aliphatic carbocycles. The van der Waals surface area contributed by atoms with Gasteiger partial charge in [-0.25, -0.2) is 9.37 Å². The Kier molecular flexibility index (Phi) is 6.50. The Morgan fingerprint density at radius 2 is 1.83 bits per heavy atom. The molecule has 9 nitrogen and oxygen atoms in total. The lowest BCUT2D eigenvalue weighted by molar-refractivity contribution is 0.0353. The summed E-state index contributed by atoms with van der Waals surface area (Å²) in [4.78, 5) is 36.3. The summed E-state index contributed by atoms with van der Waals surface area (Å²) in [6.45, 7) is 5.16. The second-order valence-electron chi connectivity index (χ2n) is 10.3. The highest BCUT2D eigenvalue weighted by Gasteiger charge is 2.33. The van der Waals surface area contributed by atoms with Crippen LogP contribution in [0.15, 0.2) is 34.0 Å². The Morgan fingerprint density at radius 3 is 2.50 bits per heavy atom. The van der Waals surface area contributed by atoms with Gasteiger partial charge in [0.1, 0.15) is 11.2 Å². The van der Waals surface area contributed by atoms with Crippen LogP contribution in [-0.4, -0.2) is 49.6 Å². The van der Waals surface area contributed by atoms with Crippen LogP contribution in [0.3, 0.4) is 0 Å². The van der Waals surface area contributed by atoms with Crippen molar-refractivity contribution in [2.75, 3.05) is 23.3 Å². The quantitative estimate of drug-likeness (QED) is 0.502. The number of alkyl halides is 1. The first kappa shape index (κ1) is 24.7. The lowest BCUT2D eigenvalue weighted by atomic mass is 9.82. The van der Waals surface area contributed by atoms with Crippen LogP contribution in [0.25, 0.3) is 11.0 Å². The largest absolute Gasteiger partial charge is 0.393 e. The number of hydrogen-bond acceptors (Lipinski definition) is 7. The van der Waals surface area contributed by atoms with E-state index in [2.05, 4.69) is 15.3 Å². The van der Waals surface area contributed by atoms with E-state index in [0.29, 0.717) is 66.0 Å². The summed E-state index contributed by atoms with van der Waals surface area (Å²) >= 11 is 6.40. The van der Waals surface area contributed by atoms with E-state index in [0.717, 1.165) is 0 Å². The van der Waals surface area contributed by atoms with E-state index in [4.69, 9.17) is 11.6 Å². The molecule has 1 aliphatic heterocycles. The number of hydrogen-bond donors (Lipinski definition) is 2. The van der Waals surface area contributed by atoms with Gasteiger partial charge >= 0.3 is 11.1 Å². The number of nitrogens with one attached hydrogen (secondary N) is 1. The molecule has 11 heteroatoms. The van der Waals surface area contributed by atoms with Crippen LogP contribution in [0.5, 0.6) is 0 Å². The van der Waals surface area contributed by atoms with Crippen molar-refractivity contribution in [1.29, 1.82) is 0 Å². The van der Waals surface area contributed by atoms with Gasteiger partial charge in [-0.3, -0.25) is 9.59 Å². The van der Waals surface area contributed by atoms with Crippen molar-refractivity contribution in [3.8, 4) is 0 Å². The van der Waals surface area contributed by atoms with E-state index in [-0.39, 0.29) is 23.9 Å². The van der Waals surface area contributed by atoms with E-state index in [1.165, 1.54) is 15.3 Å². The first-order valence-corrected chi connectivity index (χ1v) is 12.6. The van der Waals surface area contributed by atoms with Crippen molar-refractivity contribution in [1.82, 2.24) is 19.1 Å². The SMILES string of the molecule is C[C@@H]1CN(c2ncc(Cl)c(Nc3ccc4c(c3)n(CC3CC(O)C3)c(=O)c(=O)n4C)n2)C[C@H](C)C1F. The second kappa shape index (κ2) is 9.48. The lowest BCUT2D eigenvalue weighted by Crippen LogP contribution is -2.46. The molecule has 1 unspecified atom stereocenters. The van der Waals surface area contributed by atoms with Gasteiger partial charge in [0.2, 0.25) is 5.95 Å². The molecule has 2 aliphatic rings. The number of rotatable bonds is 5. The molecule has 0 bridgehead atoms. The fraction of sp³-hybridized carbons (Fsp3) is 0.520. The Bertz CT molecular complexity index is 1410. The average molecular weight is 517 g/mol. The average Bonchev–Trinajstić information content (AvgIpc) is 2.83. The standard InChI is InChI=1S/C25H30ClFN6O3/c1-13-10-32(11-14(2)21(13)27)25-28-9-18(26)22(30-25)29-16-4-5-19-20(8-16)33(12-15-6-17(34)7-15)24(36)23(35)31(19)3/h4-5,8-9,13-15,17,21,34H,6-7,10-12H2,1-3H3,(H,28,29,30)/t13-,14+,15?,17?,21?. The maximum Gasteiger partial charge on any atom is 0.316 e. The molecule has 1 saturated carbocycles. The number of aliphatic hydroxyl groups is 1. The minimum absolute atomic E-state index is 0.134. The Labute approximate surface area is 212 Å². The van der Waals surface area contributed by atoms with Crippen LogP contribution in [0, 0.1) is 17.8 Å². The number of benzene rings is 1. The van der Waals surface area contributed by atoms with E-state index < -0.39 is 17.3 Å². The van der Waals surface area contributed by atoms with Crippen LogP contribution in [-0.2, 0) is 13.6 Å². The number of anilines is 3. The Hall–Kier alpha value is -2.98. The first-order chi connectivity index (χ1) is 17.1. The van der Waals surface area contributed by atoms with Crippen molar-refractivity contribution in [3.63, 3.8) is 0 Å². The van der Waals surface area contributed by atoms with E-state index >= 15 is 0 Å². The second-order valence-corrected chi connectivity index (χ2v) is 10.7. The van der Waals surface area contributed by atoms with Crippen LogP contribution >= 0.6 is 11.6 Å². The van der Waals surface area contributed by atoms with Crippen LogP contribution in [0.4, 0.5) is 21.8 Å². The van der Waals surface area contributed by atoms with Gasteiger partial charge in [0.05, 0.1) is 23.3 Å². The Morgan fingerprint density at radius 1 is 1.14 bits per heavy atom. The molecule has 1 aromatic carbocycles. The first-order valence-electron chi connectivity index (χ1n) is 12.2. The smallest absolute Gasteiger partial charge is 0.316 e. The normalized spacial score (nSPS) is 26.2. The summed E-state index contributed by atoms with van der Waals surface area (Å²) in [5.74, 6) is 0.734. The summed E-state index contributed by atoms with van der Waals surface area (Å²) < 4.78 is 17.1. The molecule has 3 atom stereocenters. The molecule has 3 heterocycles. The van der Waals surface area contributed by atoms with Crippen LogP contribution in [0.2, 0.25) is 5.02 Å². The highest BCUT2D eigenvalue weighted by Crippen LogP contribution is 2.32. The highest BCUT2D eigenvalue weighted by molar-refractivity contribution is 6.32. The maximum absolute atomic E-state index is 14.3. The number of nitrogens with zero attached hydrogens (tertiary/aromatic N) is 5. The molecule has 0 radical (unpaired) electrons. The topological polar surface area (TPSA) is 105 Å². The zero-order valence-corrected chi connectivity index (χ0v) is 21.2. The molecule has 1 saturated heterocycles. The number of aryl methyl sites for hydroxylation is 1. The molecule has 3 aromatic rings. The summed E-state index contributed by atoms with van der Waals surface area (Å²) in [7, 11) is 1.58. The zero-order valence-electron chi connectivity index (χ0n) is 20.5. The maximum atomic E-state index is 14.3. The molecule has 36 heavy (non-hydrogen) atoms. The molecular formula is C25H30ClFN6O3. The molecule has 2 N–H and O–H groups in total. The van der Waals surface area contributed by atoms with Gasteiger partial charge < -0.3 is 24.5 Å². The van der Waals surface area contributed by atoms with Crippen molar-refractivity contribution in [2.45, 2.75) is 45.5 Å². The van der Waals surface area contributed by atoms with Crippen LogP contribution in [0.1, 0.15) is 26.7 Å². The minimum Gasteiger partial charge on any atom is -0.393 e. The van der Waals surface area contributed by atoms with Gasteiger partial charge in [-0.2, -0.15) is 4.98 Å². The molecule has 0 amide bonds. The third-order valence-corrected chi connectivity index (χ3v) is 7.67. The summed E-state index contributed by atoms with van der Waals surface area (Å²) in [5, 5.41) is 13.2. The van der Waals surface area contributed by atoms with Gasteiger partial charge in [0.25, 0.3) is 0 Å². The third kappa shape index (κ3) is 4.48. The fourth-order valence-corrected chi connectivity index (χ4v) is 5.44. The number of aromatic nitrogens is 4. The fourth-order valence-electron chi connectivity index (χ4n) is 5.30. The van der Waals surface area contributed by atoms with Gasteiger partial charge in [0, 0.05) is 44.2 Å². The van der Waals surface area contributed by atoms with E-state index in [1.54, 1.807) is 25.2 Å². The molecule has 2 aromatic heterocycles. The summed E-state index contributed by atoms with van der Waals surface area (Å²) in [6.07, 6.45) is 1.53. The molecule has 0 spiro atoms. The minimum atomic E-state index is -0.861. The number of fused-ring (bicyclic) bond motifs is 1. The number of piperidine rings is 1. The van der Waals surface area contributed by atoms with E-state index in [9.17, 15) is 19.1 Å². The van der Waals surface area contributed by atoms with Crippen LogP contribution < -0.4 is 21.3 Å². The van der Waals surface area contributed by atoms with Crippen molar-refractivity contribution >= 4 is 40.1 Å². The Balaban J connectivity index is 1.48. The van der Waals surface area contributed by atoms with Gasteiger partial charge in [-0.15, -0.1) is 0 Å². The van der Waals surface area contributed by atoms with Gasteiger partial charge in [-0.1, -0.05) is 25.4 Å². The molecule has 5 rings (SSSR count). The van der Waals surface area contributed by atoms with Crippen molar-refractivity contribution in [2.24, 2.45) is 24.8 Å². The van der Waals surface area contributed by atoms with Gasteiger partial charge in [0.15, 0.2) is 5.82 Å². The summed E-state index contributed by atoms with van der Waals surface area (Å²) in [5.41, 5.74) is 0.680. The number of aliphatic hydroxyl groups excluding tert-OH is 1. The zero-order chi connectivity index (χ0) is 25.7. The summed E-state index contributed by atoms with van der Waals surface area (Å²) in [6, 6.07) is 5.36.